The number of hydrogen-bond acceptors (Lipinski definition) is 6. The molecule has 3 amide bonds. The lowest BCUT2D eigenvalue weighted by atomic mass is 9.87. The van der Waals surface area contributed by atoms with Gasteiger partial charge in [0.05, 0.1) is 17.3 Å². The number of para-hydroxylation sites is 1. The van der Waals surface area contributed by atoms with Crippen molar-refractivity contribution in [2.24, 2.45) is 11.8 Å². The van der Waals surface area contributed by atoms with Crippen LogP contribution in [0, 0.1) is 11.8 Å². The van der Waals surface area contributed by atoms with Gasteiger partial charge in [-0.05, 0) is 50.2 Å². The highest BCUT2D eigenvalue weighted by molar-refractivity contribution is 5.98. The van der Waals surface area contributed by atoms with Crippen LogP contribution in [0.1, 0.15) is 97.1 Å². The number of piperidine rings is 1. The summed E-state index contributed by atoms with van der Waals surface area (Å²) in [7, 11) is 1.55. The van der Waals surface area contributed by atoms with E-state index in [0.717, 1.165) is 36.6 Å². The summed E-state index contributed by atoms with van der Waals surface area (Å²) in [5.41, 5.74) is 1.53. The van der Waals surface area contributed by atoms with E-state index in [1.807, 2.05) is 51.1 Å². The van der Waals surface area contributed by atoms with Crippen molar-refractivity contribution >= 4 is 40.2 Å². The highest BCUT2D eigenvalue weighted by Gasteiger charge is 2.41. The first-order chi connectivity index (χ1) is 21.7. The van der Waals surface area contributed by atoms with Gasteiger partial charge < -0.3 is 20.4 Å². The highest BCUT2D eigenvalue weighted by Crippen LogP contribution is 2.27. The highest BCUT2D eigenvalue weighted by atomic mass is 16.6. The number of benzene rings is 1. The summed E-state index contributed by atoms with van der Waals surface area (Å²) in [6, 6.07) is 7.23. The van der Waals surface area contributed by atoms with Gasteiger partial charge in [-0.2, -0.15) is 4.73 Å². The lowest BCUT2D eigenvalue weighted by Gasteiger charge is -2.39. The number of fused-ring (bicyclic) bond motifs is 2. The van der Waals surface area contributed by atoms with Gasteiger partial charge in [0.15, 0.2) is 5.78 Å². The largest absolute Gasteiger partial charge is 0.417 e. The molecule has 10 heteroatoms. The Morgan fingerprint density at radius 3 is 2.53 bits per heavy atom. The van der Waals surface area contributed by atoms with Gasteiger partial charge in [-0.3, -0.25) is 24.0 Å². The van der Waals surface area contributed by atoms with Crippen molar-refractivity contribution < 1.29 is 28.8 Å². The van der Waals surface area contributed by atoms with Crippen molar-refractivity contribution in [3.63, 3.8) is 0 Å². The van der Waals surface area contributed by atoms with Gasteiger partial charge in [-0.1, -0.05) is 58.2 Å². The van der Waals surface area contributed by atoms with E-state index in [9.17, 15) is 24.0 Å². The molecule has 0 saturated carbocycles. The fraction of sp³-hybridized carbons (Fsp3) is 0.629. The second-order valence-electron chi connectivity index (χ2n) is 12.7. The van der Waals surface area contributed by atoms with E-state index >= 15 is 0 Å². The number of Topliss-reactive ketones (excluding diaryl/α,β-unsaturated/α-hetero) is 2. The first kappa shape index (κ1) is 34.2. The van der Waals surface area contributed by atoms with Gasteiger partial charge in [-0.15, -0.1) is 0 Å². The summed E-state index contributed by atoms with van der Waals surface area (Å²) < 4.78 is 1.65. The number of nitrogens with zero attached hydrogens (tertiary/aromatic N) is 2. The number of carbonyl (C=O) groups excluding carboxylic acids is 5. The van der Waals surface area contributed by atoms with Gasteiger partial charge in [0.1, 0.15) is 25.0 Å². The topological polar surface area (TPSA) is 127 Å². The summed E-state index contributed by atoms with van der Waals surface area (Å²) >= 11 is 0. The molecule has 10 nitrogen and oxygen atoms in total. The fourth-order valence-corrected chi connectivity index (χ4v) is 6.67. The van der Waals surface area contributed by atoms with Gasteiger partial charge in [0, 0.05) is 43.5 Å². The number of aromatic nitrogens is 1. The van der Waals surface area contributed by atoms with E-state index in [-0.39, 0.29) is 42.1 Å². The Morgan fingerprint density at radius 2 is 1.80 bits per heavy atom. The van der Waals surface area contributed by atoms with E-state index in [4.69, 9.17) is 4.84 Å². The van der Waals surface area contributed by atoms with Crippen LogP contribution in [0.15, 0.2) is 30.3 Å². The number of ketones is 2. The molecule has 5 atom stereocenters. The zero-order chi connectivity index (χ0) is 32.5. The Balaban J connectivity index is 1.66. The zero-order valence-electron chi connectivity index (χ0n) is 27.3. The lowest BCUT2D eigenvalue weighted by molar-refractivity contribution is -0.147. The third-order valence-electron chi connectivity index (χ3n) is 9.62. The van der Waals surface area contributed by atoms with Crippen LogP contribution in [0.4, 0.5) is 0 Å². The third kappa shape index (κ3) is 8.32. The van der Waals surface area contributed by atoms with Crippen LogP contribution in [0.5, 0.6) is 0 Å². The van der Waals surface area contributed by atoms with Crippen molar-refractivity contribution in [2.45, 2.75) is 116 Å². The summed E-state index contributed by atoms with van der Waals surface area (Å²) in [6.07, 6.45) is 6.66. The summed E-state index contributed by atoms with van der Waals surface area (Å²) in [5, 5.41) is 6.91. The predicted molar refractivity (Wildman–Crippen MR) is 172 cm³/mol. The van der Waals surface area contributed by atoms with Crippen LogP contribution in [0.3, 0.4) is 0 Å². The third-order valence-corrected chi connectivity index (χ3v) is 9.62. The molecule has 2 aromatic rings. The van der Waals surface area contributed by atoms with Crippen molar-refractivity contribution in [3.8, 4) is 0 Å². The van der Waals surface area contributed by atoms with Gasteiger partial charge in [-0.25, -0.2) is 0 Å². The second-order valence-corrected chi connectivity index (χ2v) is 12.7. The smallest absolute Gasteiger partial charge is 0.246 e. The number of amides is 3. The quantitative estimate of drug-likeness (QED) is 0.343. The summed E-state index contributed by atoms with van der Waals surface area (Å²) in [4.78, 5) is 75.0. The summed E-state index contributed by atoms with van der Waals surface area (Å²) in [5.74, 6) is -1.72. The number of hydrogen-bond donors (Lipinski definition) is 2. The Kier molecular flexibility index (Phi) is 12.2. The van der Waals surface area contributed by atoms with Crippen LogP contribution in [0.2, 0.25) is 0 Å². The molecule has 0 spiro atoms. The van der Waals surface area contributed by atoms with Crippen molar-refractivity contribution in [2.75, 3.05) is 13.7 Å². The minimum Gasteiger partial charge on any atom is -0.417 e. The van der Waals surface area contributed by atoms with E-state index in [1.54, 1.807) is 16.7 Å². The van der Waals surface area contributed by atoms with E-state index in [1.165, 1.54) is 0 Å². The molecule has 2 fully saturated rings. The van der Waals surface area contributed by atoms with Crippen LogP contribution < -0.4 is 15.5 Å². The van der Waals surface area contributed by atoms with Crippen molar-refractivity contribution in [1.29, 1.82) is 0 Å². The maximum Gasteiger partial charge on any atom is 0.246 e. The fourth-order valence-electron chi connectivity index (χ4n) is 6.67. The van der Waals surface area contributed by atoms with Crippen LogP contribution in [-0.2, 0) is 30.4 Å². The molecule has 2 aliphatic rings. The molecule has 2 saturated heterocycles. The van der Waals surface area contributed by atoms with Crippen molar-refractivity contribution in [1.82, 2.24) is 20.3 Å². The number of unbranched alkanes of at least 4 members (excludes halogenated alkanes) is 2. The number of carbonyl (C=O) groups is 5. The molecule has 2 unspecified atom stereocenters. The molecule has 4 rings (SSSR count). The molecule has 0 bridgehead atoms. The first-order valence-corrected chi connectivity index (χ1v) is 16.8. The van der Waals surface area contributed by atoms with Gasteiger partial charge >= 0.3 is 0 Å². The van der Waals surface area contributed by atoms with Crippen LogP contribution in [0.25, 0.3) is 10.9 Å². The molecule has 0 aliphatic carbocycles. The maximum absolute atomic E-state index is 14.1. The molecule has 1 aromatic carbocycles. The Morgan fingerprint density at radius 1 is 1.02 bits per heavy atom. The van der Waals surface area contributed by atoms with E-state index in [0.29, 0.717) is 50.8 Å². The predicted octanol–water partition coefficient (Wildman–Crippen LogP) is 4.16. The normalized spacial score (nSPS) is 23.9. The molecule has 45 heavy (non-hydrogen) atoms. The molecule has 2 N–H and O–H groups in total. The number of nitrogens with one attached hydrogen (secondary N) is 2. The van der Waals surface area contributed by atoms with Gasteiger partial charge in [0.2, 0.25) is 17.7 Å². The minimum absolute atomic E-state index is 0.00877. The molecule has 246 valence electrons. The Bertz CT molecular complexity index is 1370. The second kappa shape index (κ2) is 16.0. The van der Waals surface area contributed by atoms with E-state index in [2.05, 4.69) is 10.6 Å². The van der Waals surface area contributed by atoms with Crippen LogP contribution >= 0.6 is 0 Å². The molecule has 2 aliphatic heterocycles. The number of rotatable bonds is 12. The standard InChI is InChI=1S/C35H50N4O6/c1-5-23(3)32-35(44)38-19-13-12-18-30(38)31(41)21-25(15-8-7-9-16-27(40)6-2)33(42)36-28(34(43)37-32)22-26-20-24-14-10-11-17-29(24)39(26)45-4/h10-11,14,17,20,23,25,28,30,32H,5-9,12-13,15-16,18-19,21-22H2,1-4H3,(H,36,42)(H,37,43)/t23?,25-,28+,30?,32+/m1/s1. The first-order valence-electron chi connectivity index (χ1n) is 16.8. The maximum atomic E-state index is 14.1. The monoisotopic (exact) mass is 622 g/mol. The molecular weight excluding hydrogens is 572 g/mol. The zero-order valence-corrected chi connectivity index (χ0v) is 27.3. The molecule has 1 aromatic heterocycles. The molecule has 3 heterocycles. The average molecular weight is 623 g/mol. The SMILES string of the molecule is CCC(=O)CCCCC[C@@H]1CC(=O)C2CCCCN2C(=O)[C@H](C(C)CC)NC(=O)[C@H](Cc2cc3ccccc3n2OC)NC1=O. The Hall–Kier alpha value is -3.69. The van der Waals surface area contributed by atoms with Gasteiger partial charge in [0.25, 0.3) is 0 Å². The Labute approximate surface area is 266 Å². The average Bonchev–Trinajstić information content (AvgIpc) is 3.41. The van der Waals surface area contributed by atoms with E-state index < -0.39 is 30.0 Å². The minimum atomic E-state index is -0.994. The summed E-state index contributed by atoms with van der Waals surface area (Å²) in [6.45, 7) is 6.21. The van der Waals surface area contributed by atoms with Crippen molar-refractivity contribution in [3.05, 3.63) is 36.0 Å². The molecule has 0 radical (unpaired) electrons. The van der Waals surface area contributed by atoms with Crippen LogP contribution in [-0.4, -0.2) is 70.7 Å². The lowest BCUT2D eigenvalue weighted by Crippen LogP contribution is -2.61. The molecular formula is C35H50N4O6.